The number of amides is 1. The average Bonchev–Trinajstić information content (AvgIpc) is 2.81. The van der Waals surface area contributed by atoms with Gasteiger partial charge >= 0.3 is 6.09 Å². The van der Waals surface area contributed by atoms with Gasteiger partial charge in [0.15, 0.2) is 0 Å². The highest BCUT2D eigenvalue weighted by atomic mass is 35.5. The Bertz CT molecular complexity index is 1500. The summed E-state index contributed by atoms with van der Waals surface area (Å²) in [5.74, 6) is 1.06. The summed E-state index contributed by atoms with van der Waals surface area (Å²) in [7, 11) is 1.56. The highest BCUT2D eigenvalue weighted by Gasteiger charge is 2.25. The molecule has 0 radical (unpaired) electrons. The minimum Gasteiger partial charge on any atom is -0.443 e. The van der Waals surface area contributed by atoms with Crippen LogP contribution in [0.3, 0.4) is 0 Å². The molecule has 0 saturated heterocycles. The molecule has 3 heterocycles. The van der Waals surface area contributed by atoms with E-state index in [0.29, 0.717) is 28.4 Å². The van der Waals surface area contributed by atoms with E-state index in [1.165, 1.54) is 21.9 Å². The molecule has 0 aliphatic rings. The summed E-state index contributed by atoms with van der Waals surface area (Å²) in [6, 6.07) is 10.5. The van der Waals surface area contributed by atoms with Crippen LogP contribution in [-0.2, 0) is 11.8 Å². The lowest BCUT2D eigenvalue weighted by molar-refractivity contribution is 0.0578. The van der Waals surface area contributed by atoms with Gasteiger partial charge in [-0.25, -0.2) is 24.6 Å². The van der Waals surface area contributed by atoms with E-state index < -0.39 is 11.7 Å². The second-order valence-electron chi connectivity index (χ2n) is 8.88. The number of rotatable bonds is 5. The fraction of sp³-hybridized carbons (Fsp3) is 0.280. The van der Waals surface area contributed by atoms with Crippen LogP contribution >= 0.6 is 11.6 Å². The lowest BCUT2D eigenvalue weighted by Crippen LogP contribution is -2.40. The average molecular weight is 509 g/mol. The molecule has 10 nitrogen and oxygen atoms in total. The largest absolute Gasteiger partial charge is 0.443 e. The molecule has 1 aromatic carbocycles. The first kappa shape index (κ1) is 25.1. The smallest absolute Gasteiger partial charge is 0.417 e. The van der Waals surface area contributed by atoms with E-state index in [1.54, 1.807) is 59.0 Å². The standard InChI is InChI=1S/C25H25ClN6O4/c1-6-32(24(34)36-25(2,3)4)23-28-14-17(21(33)31(23)5)19-9-7-15-13-16(8-10-18(15)29-19)35-20-11-12-27-22(26)30-20/h7-14H,6H2,1-5H3. The lowest BCUT2D eigenvalue weighted by Gasteiger charge is -2.26. The first-order chi connectivity index (χ1) is 17.1. The predicted octanol–water partition coefficient (Wildman–Crippen LogP) is 4.99. The highest BCUT2D eigenvalue weighted by molar-refractivity contribution is 6.28. The van der Waals surface area contributed by atoms with Crippen molar-refractivity contribution in [3.63, 3.8) is 0 Å². The molecule has 36 heavy (non-hydrogen) atoms. The molecule has 1 amide bonds. The second-order valence-corrected chi connectivity index (χ2v) is 9.22. The Morgan fingerprint density at radius 2 is 1.89 bits per heavy atom. The van der Waals surface area contributed by atoms with Crippen LogP contribution in [0, 0.1) is 0 Å². The van der Waals surface area contributed by atoms with Crippen molar-refractivity contribution in [3.05, 3.63) is 64.4 Å². The van der Waals surface area contributed by atoms with E-state index in [9.17, 15) is 9.59 Å². The van der Waals surface area contributed by atoms with Crippen LogP contribution in [0.4, 0.5) is 10.7 Å². The summed E-state index contributed by atoms with van der Waals surface area (Å²) in [5, 5.41) is 0.897. The molecular formula is C25H25ClN6O4. The number of ether oxygens (including phenoxy) is 2. The number of halogens is 1. The minimum absolute atomic E-state index is 0.0916. The van der Waals surface area contributed by atoms with Gasteiger partial charge in [0.05, 0.1) is 16.8 Å². The number of benzene rings is 1. The van der Waals surface area contributed by atoms with Crippen molar-refractivity contribution in [1.82, 2.24) is 24.5 Å². The Labute approximate surface area is 212 Å². The zero-order chi connectivity index (χ0) is 26.0. The Morgan fingerprint density at radius 3 is 2.58 bits per heavy atom. The van der Waals surface area contributed by atoms with Gasteiger partial charge in [-0.3, -0.25) is 9.36 Å². The van der Waals surface area contributed by atoms with Gasteiger partial charge < -0.3 is 9.47 Å². The second kappa shape index (κ2) is 9.90. The van der Waals surface area contributed by atoms with Crippen LogP contribution in [0.25, 0.3) is 22.2 Å². The maximum Gasteiger partial charge on any atom is 0.417 e. The van der Waals surface area contributed by atoms with Crippen molar-refractivity contribution >= 4 is 34.5 Å². The van der Waals surface area contributed by atoms with Gasteiger partial charge in [0, 0.05) is 37.4 Å². The van der Waals surface area contributed by atoms with Gasteiger partial charge in [0.25, 0.3) is 5.56 Å². The summed E-state index contributed by atoms with van der Waals surface area (Å²) < 4.78 is 12.5. The Morgan fingerprint density at radius 1 is 1.11 bits per heavy atom. The molecule has 4 rings (SSSR count). The third-order valence-corrected chi connectivity index (χ3v) is 5.26. The van der Waals surface area contributed by atoms with E-state index in [0.717, 1.165) is 5.39 Å². The van der Waals surface area contributed by atoms with Crippen LogP contribution in [-0.4, -0.2) is 42.7 Å². The third kappa shape index (κ3) is 5.44. The van der Waals surface area contributed by atoms with Crippen LogP contribution in [0.5, 0.6) is 11.6 Å². The van der Waals surface area contributed by atoms with Crippen LogP contribution in [0.15, 0.2) is 53.6 Å². The summed E-state index contributed by atoms with van der Waals surface area (Å²) in [4.78, 5) is 44.0. The highest BCUT2D eigenvalue weighted by Crippen LogP contribution is 2.26. The molecule has 0 bridgehead atoms. The van der Waals surface area contributed by atoms with Gasteiger partial charge in [0.1, 0.15) is 11.4 Å². The van der Waals surface area contributed by atoms with Crippen molar-refractivity contribution in [1.29, 1.82) is 0 Å². The number of fused-ring (bicyclic) bond motifs is 1. The number of aromatic nitrogens is 5. The number of carbonyl (C=O) groups is 1. The molecule has 186 valence electrons. The number of carbonyl (C=O) groups excluding carboxylic acids is 1. The van der Waals surface area contributed by atoms with E-state index in [1.807, 2.05) is 12.1 Å². The van der Waals surface area contributed by atoms with E-state index in [4.69, 9.17) is 21.1 Å². The first-order valence-corrected chi connectivity index (χ1v) is 11.6. The first-order valence-electron chi connectivity index (χ1n) is 11.2. The van der Waals surface area contributed by atoms with E-state index >= 15 is 0 Å². The number of anilines is 1. The van der Waals surface area contributed by atoms with E-state index in [2.05, 4.69) is 19.9 Å². The van der Waals surface area contributed by atoms with Crippen LogP contribution in [0.2, 0.25) is 5.28 Å². The number of hydrogen-bond acceptors (Lipinski definition) is 8. The molecule has 11 heteroatoms. The summed E-state index contributed by atoms with van der Waals surface area (Å²) >= 11 is 5.81. The summed E-state index contributed by atoms with van der Waals surface area (Å²) in [6.07, 6.45) is 2.35. The fourth-order valence-corrected chi connectivity index (χ4v) is 3.59. The predicted molar refractivity (Wildman–Crippen MR) is 137 cm³/mol. The zero-order valence-electron chi connectivity index (χ0n) is 20.5. The molecule has 0 fully saturated rings. The third-order valence-electron chi connectivity index (χ3n) is 5.08. The fourth-order valence-electron chi connectivity index (χ4n) is 3.45. The normalized spacial score (nSPS) is 11.4. The molecule has 0 aliphatic carbocycles. The van der Waals surface area contributed by atoms with Crippen LogP contribution < -0.4 is 15.2 Å². The van der Waals surface area contributed by atoms with Gasteiger partial charge in [-0.2, -0.15) is 4.98 Å². The monoisotopic (exact) mass is 508 g/mol. The van der Waals surface area contributed by atoms with Crippen molar-refractivity contribution in [2.24, 2.45) is 7.05 Å². The number of nitrogens with zero attached hydrogens (tertiary/aromatic N) is 6. The molecule has 0 spiro atoms. The molecule has 0 unspecified atom stereocenters. The SMILES string of the molecule is CCN(C(=O)OC(C)(C)C)c1ncc(-c2ccc3cc(Oc4ccnc(Cl)n4)ccc3n2)c(=O)n1C. The molecular weight excluding hydrogens is 484 g/mol. The van der Waals surface area contributed by atoms with Crippen molar-refractivity contribution in [2.75, 3.05) is 11.4 Å². The van der Waals surface area contributed by atoms with Crippen molar-refractivity contribution in [3.8, 4) is 22.9 Å². The molecule has 0 saturated carbocycles. The maximum atomic E-state index is 13.2. The topological polar surface area (TPSA) is 112 Å². The number of hydrogen-bond donors (Lipinski definition) is 0. The molecule has 4 aromatic rings. The molecule has 0 N–H and O–H groups in total. The van der Waals surface area contributed by atoms with Crippen LogP contribution in [0.1, 0.15) is 27.7 Å². The Balaban J connectivity index is 1.63. The summed E-state index contributed by atoms with van der Waals surface area (Å²) in [6.45, 7) is 7.40. The Hall–Kier alpha value is -4.05. The maximum absolute atomic E-state index is 13.2. The zero-order valence-corrected chi connectivity index (χ0v) is 21.3. The number of pyridine rings is 1. The summed E-state index contributed by atoms with van der Waals surface area (Å²) in [5.41, 5.74) is 0.411. The minimum atomic E-state index is -0.676. The van der Waals surface area contributed by atoms with Crippen molar-refractivity contribution < 1.29 is 14.3 Å². The quantitative estimate of drug-likeness (QED) is 0.346. The molecule has 0 aliphatic heterocycles. The van der Waals surface area contributed by atoms with Crippen molar-refractivity contribution in [2.45, 2.75) is 33.3 Å². The Kier molecular flexibility index (Phi) is 6.89. The van der Waals surface area contributed by atoms with Gasteiger partial charge in [-0.05, 0) is 63.6 Å². The molecule has 0 atom stereocenters. The van der Waals surface area contributed by atoms with Gasteiger partial charge in [-0.1, -0.05) is 6.07 Å². The lowest BCUT2D eigenvalue weighted by atomic mass is 10.1. The molecule has 3 aromatic heterocycles. The van der Waals surface area contributed by atoms with E-state index in [-0.39, 0.29) is 23.3 Å². The van der Waals surface area contributed by atoms with Gasteiger partial charge in [0.2, 0.25) is 17.1 Å². The van der Waals surface area contributed by atoms with Gasteiger partial charge in [-0.15, -0.1) is 0 Å².